The van der Waals surface area contributed by atoms with Gasteiger partial charge in [0.2, 0.25) is 0 Å². The number of alkyl halides is 1. The van der Waals surface area contributed by atoms with Crippen LogP contribution in [0.15, 0.2) is 18.2 Å². The van der Waals surface area contributed by atoms with Crippen LogP contribution in [0.4, 0.5) is 11.4 Å². The van der Waals surface area contributed by atoms with Crippen LogP contribution in [0.3, 0.4) is 0 Å². The van der Waals surface area contributed by atoms with E-state index in [9.17, 15) is 15.2 Å². The molecule has 1 rings (SSSR count). The Labute approximate surface area is 102 Å². The zero-order valence-electron chi connectivity index (χ0n) is 8.19. The van der Waals surface area contributed by atoms with Crippen molar-refractivity contribution in [1.29, 1.82) is 0 Å². The number of nitro benzene ring substituents is 1. The van der Waals surface area contributed by atoms with Gasteiger partial charge in [0.25, 0.3) is 5.69 Å². The van der Waals surface area contributed by atoms with Crippen LogP contribution in [0, 0.1) is 10.1 Å². The summed E-state index contributed by atoms with van der Waals surface area (Å²) in [5, 5.41) is 22.6. The topological polar surface area (TPSA) is 75.4 Å². The molecule has 0 aliphatic carbocycles. The van der Waals surface area contributed by atoms with Crippen molar-refractivity contribution in [1.82, 2.24) is 0 Å². The van der Waals surface area contributed by atoms with Crippen molar-refractivity contribution in [3.63, 3.8) is 0 Å². The lowest BCUT2D eigenvalue weighted by atomic mass is 10.2. The average Bonchev–Trinajstić information content (AvgIpc) is 2.25. The lowest BCUT2D eigenvalue weighted by Gasteiger charge is -2.09. The third-order valence-corrected chi connectivity index (χ3v) is 2.52. The molecule has 0 bridgehead atoms. The highest BCUT2D eigenvalue weighted by Crippen LogP contribution is 2.27. The fraction of sp³-hybridized carbons (Fsp3) is 0.333. The Bertz CT molecular complexity index is 387. The zero-order chi connectivity index (χ0) is 12.1. The standard InChI is InChI=1S/C9H10Cl2N2O3/c10-4-7(14)5-12-6-1-2-9(13(15)16)8(11)3-6/h1-3,7,12,14H,4-5H2. The minimum Gasteiger partial charge on any atom is -0.390 e. The molecule has 2 N–H and O–H groups in total. The van der Waals surface area contributed by atoms with E-state index in [0.29, 0.717) is 5.69 Å². The number of benzene rings is 1. The first kappa shape index (κ1) is 13.0. The number of hydrogen-bond donors (Lipinski definition) is 2. The maximum atomic E-state index is 10.5. The first-order valence-corrected chi connectivity index (χ1v) is 5.37. The van der Waals surface area contributed by atoms with Gasteiger partial charge in [0.05, 0.1) is 16.9 Å². The van der Waals surface area contributed by atoms with E-state index in [1.165, 1.54) is 18.2 Å². The number of aliphatic hydroxyl groups is 1. The maximum Gasteiger partial charge on any atom is 0.288 e. The molecule has 1 aromatic rings. The fourth-order valence-electron chi connectivity index (χ4n) is 1.06. The van der Waals surface area contributed by atoms with E-state index in [1.807, 2.05) is 0 Å². The predicted molar refractivity (Wildman–Crippen MR) is 63.3 cm³/mol. The normalized spacial score (nSPS) is 12.2. The molecule has 0 fully saturated rings. The Hall–Kier alpha value is -1.04. The molecule has 0 heterocycles. The Morgan fingerprint density at radius 3 is 2.75 bits per heavy atom. The van der Waals surface area contributed by atoms with Gasteiger partial charge in [-0.15, -0.1) is 11.6 Å². The van der Waals surface area contributed by atoms with Crippen molar-refractivity contribution in [3.8, 4) is 0 Å². The first-order chi connectivity index (χ1) is 7.54. The summed E-state index contributed by atoms with van der Waals surface area (Å²) in [7, 11) is 0. The Morgan fingerprint density at radius 2 is 2.25 bits per heavy atom. The van der Waals surface area contributed by atoms with Gasteiger partial charge in [-0.25, -0.2) is 0 Å². The van der Waals surface area contributed by atoms with Gasteiger partial charge in [-0.2, -0.15) is 0 Å². The molecule has 7 heteroatoms. The number of rotatable bonds is 5. The van der Waals surface area contributed by atoms with Gasteiger partial charge >= 0.3 is 0 Å². The van der Waals surface area contributed by atoms with Crippen LogP contribution in [-0.4, -0.2) is 28.6 Å². The van der Waals surface area contributed by atoms with Crippen LogP contribution in [0.5, 0.6) is 0 Å². The second kappa shape index (κ2) is 5.89. The molecule has 0 radical (unpaired) electrons. The van der Waals surface area contributed by atoms with Crippen molar-refractivity contribution in [2.45, 2.75) is 6.10 Å². The average molecular weight is 265 g/mol. The van der Waals surface area contributed by atoms with Crippen LogP contribution in [0.2, 0.25) is 5.02 Å². The quantitative estimate of drug-likeness (QED) is 0.486. The summed E-state index contributed by atoms with van der Waals surface area (Å²) in [5.74, 6) is 0.119. The van der Waals surface area contributed by atoms with Crippen LogP contribution in [0.1, 0.15) is 0 Å². The summed E-state index contributed by atoms with van der Waals surface area (Å²) in [5.41, 5.74) is 0.449. The third kappa shape index (κ3) is 3.52. The lowest BCUT2D eigenvalue weighted by Crippen LogP contribution is -2.20. The van der Waals surface area contributed by atoms with Gasteiger partial charge in [-0.1, -0.05) is 11.6 Å². The predicted octanol–water partition coefficient (Wildman–Crippen LogP) is 2.26. The second-order valence-corrected chi connectivity index (χ2v) is 3.83. The van der Waals surface area contributed by atoms with Crippen molar-refractivity contribution in [2.24, 2.45) is 0 Å². The molecular formula is C9H10Cl2N2O3. The van der Waals surface area contributed by atoms with Crippen LogP contribution >= 0.6 is 23.2 Å². The van der Waals surface area contributed by atoms with Crippen molar-refractivity contribution in [2.75, 3.05) is 17.7 Å². The van der Waals surface area contributed by atoms with Crippen molar-refractivity contribution >= 4 is 34.6 Å². The summed E-state index contributed by atoms with van der Waals surface area (Å²) < 4.78 is 0. The maximum absolute atomic E-state index is 10.5. The third-order valence-electron chi connectivity index (χ3n) is 1.86. The SMILES string of the molecule is O=[N+]([O-])c1ccc(NCC(O)CCl)cc1Cl. The molecule has 0 saturated carbocycles. The van der Waals surface area contributed by atoms with E-state index < -0.39 is 11.0 Å². The monoisotopic (exact) mass is 264 g/mol. The van der Waals surface area contributed by atoms with Gasteiger partial charge in [0.15, 0.2) is 0 Å². The van der Waals surface area contributed by atoms with Crippen molar-refractivity contribution < 1.29 is 10.0 Å². The number of nitrogens with zero attached hydrogens (tertiary/aromatic N) is 1. The Balaban J connectivity index is 2.70. The van der Waals surface area contributed by atoms with Crippen LogP contribution < -0.4 is 5.32 Å². The van der Waals surface area contributed by atoms with Crippen LogP contribution in [-0.2, 0) is 0 Å². The molecule has 0 aliphatic heterocycles. The summed E-state index contributed by atoms with van der Waals surface area (Å²) in [4.78, 5) is 9.93. The highest BCUT2D eigenvalue weighted by Gasteiger charge is 2.12. The van der Waals surface area contributed by atoms with Gasteiger partial charge in [-0.3, -0.25) is 10.1 Å². The summed E-state index contributed by atoms with van der Waals surface area (Å²) in [6, 6.07) is 4.25. The van der Waals surface area contributed by atoms with Gasteiger partial charge in [0.1, 0.15) is 5.02 Å². The van der Waals surface area contributed by atoms with Gasteiger partial charge < -0.3 is 10.4 Å². The Morgan fingerprint density at radius 1 is 1.56 bits per heavy atom. The van der Waals surface area contributed by atoms with Crippen LogP contribution in [0.25, 0.3) is 0 Å². The minimum atomic E-state index is -0.671. The first-order valence-electron chi connectivity index (χ1n) is 4.46. The number of anilines is 1. The number of nitro groups is 1. The summed E-state index contributed by atoms with van der Waals surface area (Å²) in [6.07, 6.45) is -0.671. The highest BCUT2D eigenvalue weighted by atomic mass is 35.5. The number of aliphatic hydroxyl groups excluding tert-OH is 1. The molecule has 88 valence electrons. The number of hydrogen-bond acceptors (Lipinski definition) is 4. The van der Waals surface area contributed by atoms with Gasteiger partial charge in [0, 0.05) is 18.3 Å². The van der Waals surface area contributed by atoms with E-state index in [1.54, 1.807) is 0 Å². The molecule has 0 aromatic heterocycles. The smallest absolute Gasteiger partial charge is 0.288 e. The van der Waals surface area contributed by atoms with E-state index in [4.69, 9.17) is 23.2 Å². The molecule has 16 heavy (non-hydrogen) atoms. The Kier molecular flexibility index (Phi) is 4.79. The molecule has 1 aromatic carbocycles. The highest BCUT2D eigenvalue weighted by molar-refractivity contribution is 6.32. The van der Waals surface area contributed by atoms with E-state index in [2.05, 4.69) is 5.32 Å². The molecule has 0 saturated heterocycles. The second-order valence-electron chi connectivity index (χ2n) is 3.11. The molecule has 5 nitrogen and oxygen atoms in total. The molecular weight excluding hydrogens is 255 g/mol. The molecule has 0 aliphatic rings. The zero-order valence-corrected chi connectivity index (χ0v) is 9.70. The molecule has 1 unspecified atom stereocenters. The van der Waals surface area contributed by atoms with E-state index in [0.717, 1.165) is 0 Å². The molecule has 0 spiro atoms. The summed E-state index contributed by atoms with van der Waals surface area (Å²) >= 11 is 11.1. The van der Waals surface area contributed by atoms with Crippen molar-refractivity contribution in [3.05, 3.63) is 33.3 Å². The van der Waals surface area contributed by atoms with E-state index >= 15 is 0 Å². The minimum absolute atomic E-state index is 0.0513. The summed E-state index contributed by atoms with van der Waals surface area (Å²) in [6.45, 7) is 0.262. The molecule has 0 amide bonds. The number of nitrogens with one attached hydrogen (secondary N) is 1. The number of halogens is 2. The largest absolute Gasteiger partial charge is 0.390 e. The fourth-order valence-corrected chi connectivity index (χ4v) is 1.41. The van der Waals surface area contributed by atoms with Gasteiger partial charge in [-0.05, 0) is 12.1 Å². The lowest BCUT2D eigenvalue weighted by molar-refractivity contribution is -0.384. The molecule has 1 atom stereocenters. The van der Waals surface area contributed by atoms with E-state index in [-0.39, 0.29) is 23.1 Å².